The SMILES string of the molecule is Cc1ccccc1Cn1cc(NS(=O)(=O)c2c(C)nn(C)c2C)cn1. The topological polar surface area (TPSA) is 81.8 Å². The van der Waals surface area contributed by atoms with Crippen molar-refractivity contribution < 1.29 is 8.42 Å². The van der Waals surface area contributed by atoms with Gasteiger partial charge in [-0.15, -0.1) is 0 Å². The molecule has 0 radical (unpaired) electrons. The highest BCUT2D eigenvalue weighted by Crippen LogP contribution is 2.22. The van der Waals surface area contributed by atoms with Crippen LogP contribution < -0.4 is 4.72 Å². The van der Waals surface area contributed by atoms with E-state index in [0.717, 1.165) is 5.56 Å². The smallest absolute Gasteiger partial charge is 0.265 e. The molecule has 0 saturated heterocycles. The van der Waals surface area contributed by atoms with Crippen molar-refractivity contribution in [2.45, 2.75) is 32.2 Å². The fourth-order valence-corrected chi connectivity index (χ4v) is 4.28. The van der Waals surface area contributed by atoms with Crippen molar-refractivity contribution in [2.24, 2.45) is 7.05 Å². The second kappa shape index (κ2) is 6.36. The lowest BCUT2D eigenvalue weighted by atomic mass is 10.1. The number of nitrogens with one attached hydrogen (secondary N) is 1. The maximum Gasteiger partial charge on any atom is 0.265 e. The van der Waals surface area contributed by atoms with Crippen LogP contribution in [0.25, 0.3) is 0 Å². The van der Waals surface area contributed by atoms with Crippen molar-refractivity contribution in [3.8, 4) is 0 Å². The molecule has 3 rings (SSSR count). The highest BCUT2D eigenvalue weighted by molar-refractivity contribution is 7.92. The summed E-state index contributed by atoms with van der Waals surface area (Å²) in [6.45, 7) is 6.04. The van der Waals surface area contributed by atoms with Crippen LogP contribution in [-0.2, 0) is 23.6 Å². The monoisotopic (exact) mass is 359 g/mol. The zero-order chi connectivity index (χ0) is 18.2. The van der Waals surface area contributed by atoms with Crippen LogP contribution in [-0.4, -0.2) is 28.0 Å². The number of anilines is 1. The number of hydrogen-bond acceptors (Lipinski definition) is 4. The first-order valence-corrected chi connectivity index (χ1v) is 9.36. The van der Waals surface area contributed by atoms with E-state index in [9.17, 15) is 8.42 Å². The maximum absolute atomic E-state index is 12.7. The molecule has 0 aliphatic heterocycles. The second-order valence-electron chi connectivity index (χ2n) is 6.08. The minimum absolute atomic E-state index is 0.210. The van der Waals surface area contributed by atoms with Crippen molar-refractivity contribution in [1.82, 2.24) is 19.6 Å². The predicted octanol–water partition coefficient (Wildman–Crippen LogP) is 2.39. The van der Waals surface area contributed by atoms with Gasteiger partial charge < -0.3 is 0 Å². The Morgan fingerprint density at radius 2 is 1.88 bits per heavy atom. The summed E-state index contributed by atoms with van der Waals surface area (Å²) in [6.07, 6.45) is 3.20. The lowest BCUT2D eigenvalue weighted by molar-refractivity contribution is 0.599. The first-order valence-electron chi connectivity index (χ1n) is 7.88. The number of hydrogen-bond donors (Lipinski definition) is 1. The van der Waals surface area contributed by atoms with Crippen LogP contribution in [0.15, 0.2) is 41.6 Å². The first-order chi connectivity index (χ1) is 11.8. The van der Waals surface area contributed by atoms with E-state index >= 15 is 0 Å². The molecule has 25 heavy (non-hydrogen) atoms. The molecular weight excluding hydrogens is 338 g/mol. The van der Waals surface area contributed by atoms with Gasteiger partial charge in [0.2, 0.25) is 0 Å². The lowest BCUT2D eigenvalue weighted by Gasteiger charge is -2.07. The molecule has 3 aromatic rings. The molecule has 0 fully saturated rings. The minimum atomic E-state index is -3.71. The number of nitrogens with zero attached hydrogens (tertiary/aromatic N) is 4. The van der Waals surface area contributed by atoms with Gasteiger partial charge in [-0.25, -0.2) is 8.42 Å². The number of rotatable bonds is 5. The summed E-state index contributed by atoms with van der Waals surface area (Å²) in [6, 6.07) is 8.03. The molecule has 0 aliphatic carbocycles. The average Bonchev–Trinajstić information content (AvgIpc) is 3.05. The van der Waals surface area contributed by atoms with Gasteiger partial charge in [-0.1, -0.05) is 24.3 Å². The zero-order valence-corrected chi connectivity index (χ0v) is 15.5. The number of sulfonamides is 1. The largest absolute Gasteiger partial charge is 0.276 e. The van der Waals surface area contributed by atoms with Gasteiger partial charge in [0.15, 0.2) is 0 Å². The molecule has 1 N–H and O–H groups in total. The third-order valence-corrected chi connectivity index (χ3v) is 5.82. The number of benzene rings is 1. The normalized spacial score (nSPS) is 11.7. The second-order valence-corrected chi connectivity index (χ2v) is 7.70. The summed E-state index contributed by atoms with van der Waals surface area (Å²) in [5.74, 6) is 0. The van der Waals surface area contributed by atoms with Gasteiger partial charge in [-0.3, -0.25) is 14.1 Å². The summed E-state index contributed by atoms with van der Waals surface area (Å²) in [5, 5.41) is 8.42. The molecule has 7 nitrogen and oxygen atoms in total. The van der Waals surface area contributed by atoms with E-state index in [-0.39, 0.29) is 4.90 Å². The van der Waals surface area contributed by atoms with Gasteiger partial charge in [0.25, 0.3) is 10.0 Å². The summed E-state index contributed by atoms with van der Waals surface area (Å²) < 4.78 is 31.2. The zero-order valence-electron chi connectivity index (χ0n) is 14.7. The van der Waals surface area contributed by atoms with Crippen LogP contribution in [0, 0.1) is 20.8 Å². The van der Waals surface area contributed by atoms with Crippen molar-refractivity contribution in [3.05, 3.63) is 59.2 Å². The Balaban J connectivity index is 1.82. The highest BCUT2D eigenvalue weighted by Gasteiger charge is 2.24. The van der Waals surface area contributed by atoms with E-state index in [0.29, 0.717) is 23.6 Å². The van der Waals surface area contributed by atoms with Crippen LogP contribution in [0.5, 0.6) is 0 Å². The van der Waals surface area contributed by atoms with Crippen molar-refractivity contribution >= 4 is 15.7 Å². The molecule has 2 heterocycles. The molecule has 0 aliphatic rings. The highest BCUT2D eigenvalue weighted by atomic mass is 32.2. The Kier molecular flexibility index (Phi) is 4.38. The van der Waals surface area contributed by atoms with Gasteiger partial charge in [0.05, 0.1) is 29.8 Å². The van der Waals surface area contributed by atoms with E-state index in [4.69, 9.17) is 0 Å². The van der Waals surface area contributed by atoms with Gasteiger partial charge in [-0.05, 0) is 31.9 Å². The van der Waals surface area contributed by atoms with Crippen molar-refractivity contribution in [2.75, 3.05) is 4.72 Å². The Labute approximate surface area is 147 Å². The summed E-state index contributed by atoms with van der Waals surface area (Å²) in [4.78, 5) is 0.210. The molecule has 8 heteroatoms. The quantitative estimate of drug-likeness (QED) is 0.758. The molecular formula is C17H21N5O2S. The fraction of sp³-hybridized carbons (Fsp3) is 0.294. The van der Waals surface area contributed by atoms with Crippen molar-refractivity contribution in [1.29, 1.82) is 0 Å². The van der Waals surface area contributed by atoms with E-state index in [1.165, 1.54) is 11.8 Å². The first kappa shape index (κ1) is 17.2. The molecule has 1 aromatic carbocycles. The van der Waals surface area contributed by atoms with Gasteiger partial charge >= 0.3 is 0 Å². The average molecular weight is 359 g/mol. The molecule has 2 aromatic heterocycles. The Morgan fingerprint density at radius 3 is 2.52 bits per heavy atom. The minimum Gasteiger partial charge on any atom is -0.276 e. The fourth-order valence-electron chi connectivity index (χ4n) is 2.81. The number of aromatic nitrogens is 4. The standard InChI is InChI=1S/C17H21N5O2S/c1-12-7-5-6-8-15(12)10-22-11-16(9-18-22)20-25(23,24)17-13(2)19-21(4)14(17)3/h5-9,11,20H,10H2,1-4H3. The third kappa shape index (κ3) is 3.43. The molecule has 132 valence electrons. The molecule has 0 spiro atoms. The third-order valence-electron chi connectivity index (χ3n) is 4.19. The van der Waals surface area contributed by atoms with Crippen LogP contribution in [0.2, 0.25) is 0 Å². The van der Waals surface area contributed by atoms with Crippen LogP contribution >= 0.6 is 0 Å². The van der Waals surface area contributed by atoms with Gasteiger partial charge in [0.1, 0.15) is 4.90 Å². The Bertz CT molecular complexity index is 1020. The van der Waals surface area contributed by atoms with Gasteiger partial charge in [-0.2, -0.15) is 10.2 Å². The molecule has 0 amide bonds. The van der Waals surface area contributed by atoms with E-state index in [1.54, 1.807) is 36.5 Å². The van der Waals surface area contributed by atoms with Crippen molar-refractivity contribution in [3.63, 3.8) is 0 Å². The van der Waals surface area contributed by atoms with Crippen LogP contribution in [0.3, 0.4) is 0 Å². The number of aryl methyl sites for hydroxylation is 3. The lowest BCUT2D eigenvalue weighted by Crippen LogP contribution is -2.14. The summed E-state index contributed by atoms with van der Waals surface area (Å²) >= 11 is 0. The predicted molar refractivity (Wildman–Crippen MR) is 96.0 cm³/mol. The molecule has 0 atom stereocenters. The van der Waals surface area contributed by atoms with E-state index in [2.05, 4.69) is 14.9 Å². The summed E-state index contributed by atoms with van der Waals surface area (Å²) in [7, 11) is -1.98. The maximum atomic E-state index is 12.7. The van der Waals surface area contributed by atoms with E-state index < -0.39 is 10.0 Å². The molecule has 0 saturated carbocycles. The Morgan fingerprint density at radius 1 is 1.16 bits per heavy atom. The molecule has 0 unspecified atom stereocenters. The van der Waals surface area contributed by atoms with Crippen LogP contribution in [0.4, 0.5) is 5.69 Å². The van der Waals surface area contributed by atoms with E-state index in [1.807, 2.05) is 31.2 Å². The van der Waals surface area contributed by atoms with Crippen LogP contribution in [0.1, 0.15) is 22.5 Å². The van der Waals surface area contributed by atoms with Gasteiger partial charge in [0, 0.05) is 13.2 Å². The summed E-state index contributed by atoms with van der Waals surface area (Å²) in [5.41, 5.74) is 3.80. The molecule has 0 bridgehead atoms. The Hall–Kier alpha value is -2.61.